The molecular weight excluding hydrogens is 261 g/mol. The van der Waals surface area contributed by atoms with E-state index in [0.29, 0.717) is 11.3 Å². The molecule has 0 saturated heterocycles. The molecule has 0 fully saturated rings. The van der Waals surface area contributed by atoms with E-state index in [1.165, 1.54) is 30.3 Å². The molecule has 0 unspecified atom stereocenters. The van der Waals surface area contributed by atoms with E-state index < -0.39 is 11.8 Å². The highest BCUT2D eigenvalue weighted by molar-refractivity contribution is 5.87. The molecule has 100 valence electrons. The van der Waals surface area contributed by atoms with Crippen LogP contribution in [-0.4, -0.2) is 11.1 Å². The van der Waals surface area contributed by atoms with Crippen molar-refractivity contribution in [2.75, 3.05) is 0 Å². The van der Waals surface area contributed by atoms with Gasteiger partial charge < -0.3 is 9.84 Å². The normalized spacial score (nSPS) is 9.80. The predicted octanol–water partition coefficient (Wildman–Crippen LogP) is 2.97. The Morgan fingerprint density at radius 2 is 2.10 bits per heavy atom. The number of rotatable bonds is 4. The molecule has 0 aliphatic heterocycles. The lowest BCUT2D eigenvalue weighted by Gasteiger charge is -2.07. The summed E-state index contributed by atoms with van der Waals surface area (Å²) in [6, 6.07) is 11.9. The Morgan fingerprint density at radius 3 is 2.80 bits per heavy atom. The maximum Gasteiger partial charge on any atom is 0.335 e. The highest BCUT2D eigenvalue weighted by atomic mass is 19.1. The van der Waals surface area contributed by atoms with Crippen LogP contribution in [-0.2, 0) is 6.61 Å². The summed E-state index contributed by atoms with van der Waals surface area (Å²) in [6.45, 7) is 0.123. The first-order chi connectivity index (χ1) is 9.60. The first-order valence-electron chi connectivity index (χ1n) is 5.75. The number of aromatic carboxylic acids is 1. The van der Waals surface area contributed by atoms with E-state index in [-0.39, 0.29) is 17.7 Å². The van der Waals surface area contributed by atoms with Crippen LogP contribution in [0.3, 0.4) is 0 Å². The Morgan fingerprint density at radius 1 is 1.30 bits per heavy atom. The Kier molecular flexibility index (Phi) is 3.96. The first-order valence-corrected chi connectivity index (χ1v) is 5.75. The molecule has 0 bridgehead atoms. The van der Waals surface area contributed by atoms with E-state index in [0.717, 1.165) is 0 Å². The Hall–Kier alpha value is -2.87. The van der Waals surface area contributed by atoms with Gasteiger partial charge in [-0.3, -0.25) is 0 Å². The van der Waals surface area contributed by atoms with Crippen LogP contribution in [0.2, 0.25) is 0 Å². The largest absolute Gasteiger partial charge is 0.489 e. The molecule has 5 heteroatoms. The number of carbonyl (C=O) groups is 1. The fraction of sp³-hybridized carbons (Fsp3) is 0.0667. The second kappa shape index (κ2) is 5.85. The van der Waals surface area contributed by atoms with Gasteiger partial charge in [0.1, 0.15) is 24.2 Å². The predicted molar refractivity (Wildman–Crippen MR) is 68.8 cm³/mol. The molecule has 0 aliphatic carbocycles. The van der Waals surface area contributed by atoms with Gasteiger partial charge in [0.2, 0.25) is 0 Å². The molecule has 2 aromatic rings. The molecule has 1 N–H and O–H groups in total. The fourth-order valence-corrected chi connectivity index (χ4v) is 1.63. The summed E-state index contributed by atoms with van der Waals surface area (Å²) in [5, 5.41) is 17.6. The molecule has 0 radical (unpaired) electrons. The van der Waals surface area contributed by atoms with Gasteiger partial charge in [-0.25, -0.2) is 9.18 Å². The van der Waals surface area contributed by atoms with Crippen molar-refractivity contribution >= 4 is 5.97 Å². The molecule has 20 heavy (non-hydrogen) atoms. The monoisotopic (exact) mass is 271 g/mol. The molecular formula is C15H10FNO3. The number of nitriles is 1. The highest BCUT2D eigenvalue weighted by Gasteiger charge is 2.06. The second-order valence-electron chi connectivity index (χ2n) is 4.05. The van der Waals surface area contributed by atoms with Gasteiger partial charge in [-0.1, -0.05) is 12.1 Å². The SMILES string of the molecule is N#Cc1cc(COc2cccc(C(=O)O)c2)ccc1F. The molecule has 4 nitrogen and oxygen atoms in total. The average molecular weight is 271 g/mol. The van der Waals surface area contributed by atoms with Gasteiger partial charge in [-0.2, -0.15) is 5.26 Å². The van der Waals surface area contributed by atoms with Gasteiger partial charge in [0.15, 0.2) is 0 Å². The first kappa shape index (κ1) is 13.6. The summed E-state index contributed by atoms with van der Waals surface area (Å²) in [5.41, 5.74) is 0.702. The average Bonchev–Trinajstić information content (AvgIpc) is 2.46. The summed E-state index contributed by atoms with van der Waals surface area (Å²) < 4.78 is 18.6. The van der Waals surface area contributed by atoms with Gasteiger partial charge >= 0.3 is 5.97 Å². The summed E-state index contributed by atoms with van der Waals surface area (Å²) in [4.78, 5) is 10.8. The highest BCUT2D eigenvalue weighted by Crippen LogP contribution is 2.16. The van der Waals surface area contributed by atoms with Crippen LogP contribution >= 0.6 is 0 Å². The van der Waals surface area contributed by atoms with Crippen molar-refractivity contribution in [1.29, 1.82) is 5.26 Å². The topological polar surface area (TPSA) is 70.3 Å². The van der Waals surface area contributed by atoms with Crippen molar-refractivity contribution in [3.05, 3.63) is 65.0 Å². The zero-order valence-electron chi connectivity index (χ0n) is 10.3. The number of ether oxygens (including phenoxy) is 1. The third kappa shape index (κ3) is 3.12. The molecule has 0 heterocycles. The van der Waals surface area contributed by atoms with Crippen LogP contribution in [0.5, 0.6) is 5.75 Å². The van der Waals surface area contributed by atoms with Crippen molar-refractivity contribution in [2.24, 2.45) is 0 Å². The van der Waals surface area contributed by atoms with Gasteiger partial charge in [0.05, 0.1) is 11.1 Å². The number of hydrogen-bond donors (Lipinski definition) is 1. The van der Waals surface area contributed by atoms with Crippen molar-refractivity contribution in [1.82, 2.24) is 0 Å². The molecule has 0 aromatic heterocycles. The van der Waals surface area contributed by atoms with E-state index >= 15 is 0 Å². The Balaban J connectivity index is 2.11. The minimum Gasteiger partial charge on any atom is -0.489 e. The van der Waals surface area contributed by atoms with E-state index in [1.807, 2.05) is 0 Å². The van der Waals surface area contributed by atoms with Gasteiger partial charge in [0, 0.05) is 0 Å². The van der Waals surface area contributed by atoms with E-state index in [9.17, 15) is 9.18 Å². The van der Waals surface area contributed by atoms with Crippen molar-refractivity contribution < 1.29 is 19.0 Å². The number of carboxylic acids is 1. The number of carboxylic acid groups (broad SMARTS) is 1. The minimum absolute atomic E-state index is 0.0506. The number of benzene rings is 2. The molecule has 2 rings (SSSR count). The van der Waals surface area contributed by atoms with Crippen molar-refractivity contribution in [2.45, 2.75) is 6.61 Å². The third-order valence-corrected chi connectivity index (χ3v) is 2.64. The van der Waals surface area contributed by atoms with E-state index in [4.69, 9.17) is 15.1 Å². The fourth-order valence-electron chi connectivity index (χ4n) is 1.63. The summed E-state index contributed by atoms with van der Waals surface area (Å²) >= 11 is 0. The van der Waals surface area contributed by atoms with Gasteiger partial charge in [-0.05, 0) is 35.9 Å². The zero-order chi connectivity index (χ0) is 14.5. The Labute approximate surface area is 114 Å². The lowest BCUT2D eigenvalue weighted by atomic mass is 10.1. The second-order valence-corrected chi connectivity index (χ2v) is 4.05. The van der Waals surface area contributed by atoms with Crippen LogP contribution in [0.4, 0.5) is 4.39 Å². The van der Waals surface area contributed by atoms with E-state index in [1.54, 1.807) is 18.2 Å². The molecule has 0 saturated carbocycles. The van der Waals surface area contributed by atoms with Crippen LogP contribution in [0, 0.1) is 17.1 Å². The van der Waals surface area contributed by atoms with Gasteiger partial charge in [0.25, 0.3) is 0 Å². The van der Waals surface area contributed by atoms with Crippen LogP contribution in [0.15, 0.2) is 42.5 Å². The minimum atomic E-state index is -1.04. The third-order valence-electron chi connectivity index (χ3n) is 2.64. The number of halogens is 1. The lowest BCUT2D eigenvalue weighted by Crippen LogP contribution is -2.00. The zero-order valence-corrected chi connectivity index (χ0v) is 10.3. The summed E-state index contributed by atoms with van der Waals surface area (Å²) in [6.07, 6.45) is 0. The maximum atomic E-state index is 13.1. The van der Waals surface area contributed by atoms with Crippen molar-refractivity contribution in [3.63, 3.8) is 0 Å². The molecule has 2 aromatic carbocycles. The summed E-state index contributed by atoms with van der Waals surface area (Å²) in [5.74, 6) is -1.22. The molecule has 0 amide bonds. The van der Waals surface area contributed by atoms with Crippen molar-refractivity contribution in [3.8, 4) is 11.8 Å². The molecule has 0 spiro atoms. The lowest BCUT2D eigenvalue weighted by molar-refractivity contribution is 0.0696. The number of hydrogen-bond acceptors (Lipinski definition) is 3. The molecule has 0 aliphatic rings. The Bertz CT molecular complexity index is 692. The maximum absolute atomic E-state index is 13.1. The van der Waals surface area contributed by atoms with Crippen LogP contribution in [0.1, 0.15) is 21.5 Å². The summed E-state index contributed by atoms with van der Waals surface area (Å²) in [7, 11) is 0. The smallest absolute Gasteiger partial charge is 0.335 e. The van der Waals surface area contributed by atoms with E-state index in [2.05, 4.69) is 0 Å². The number of nitrogens with zero attached hydrogens (tertiary/aromatic N) is 1. The van der Waals surface area contributed by atoms with Crippen LogP contribution < -0.4 is 4.74 Å². The standard InChI is InChI=1S/C15H10FNO3/c16-14-5-4-10(6-12(14)8-17)9-20-13-3-1-2-11(7-13)15(18)19/h1-7H,9H2,(H,18,19). The van der Waals surface area contributed by atoms with Gasteiger partial charge in [-0.15, -0.1) is 0 Å². The quantitative estimate of drug-likeness (QED) is 0.928. The molecule has 0 atom stereocenters. The van der Waals surface area contributed by atoms with Crippen LogP contribution in [0.25, 0.3) is 0 Å².